The zero-order chi connectivity index (χ0) is 14.1. The van der Waals surface area contributed by atoms with E-state index < -0.39 is 0 Å². The molecule has 0 atom stereocenters. The van der Waals surface area contributed by atoms with Crippen LogP contribution in [0.2, 0.25) is 0 Å². The van der Waals surface area contributed by atoms with Crippen LogP contribution < -0.4 is 4.90 Å². The minimum Gasteiger partial charge on any atom is -0.462 e. The van der Waals surface area contributed by atoms with Crippen LogP contribution in [0.15, 0.2) is 31.0 Å². The van der Waals surface area contributed by atoms with E-state index in [0.717, 1.165) is 5.82 Å². The average molecular weight is 264 g/mol. The molecule has 0 N–H and O–H groups in total. The Hall–Kier alpha value is -1.88. The van der Waals surface area contributed by atoms with Crippen LogP contribution in [0, 0.1) is 0 Å². The fourth-order valence-corrected chi connectivity index (χ4v) is 1.56. The van der Waals surface area contributed by atoms with E-state index in [4.69, 9.17) is 9.47 Å². The number of pyridine rings is 1. The molecule has 0 unspecified atom stereocenters. The van der Waals surface area contributed by atoms with Crippen molar-refractivity contribution in [2.24, 2.45) is 0 Å². The topological polar surface area (TPSA) is 51.7 Å². The number of carbonyl (C=O) groups excluding carboxylic acids is 1. The molecular weight excluding hydrogens is 244 g/mol. The lowest BCUT2D eigenvalue weighted by Gasteiger charge is -2.21. The fourth-order valence-electron chi connectivity index (χ4n) is 1.56. The molecular formula is C14H20N2O3. The van der Waals surface area contributed by atoms with Crippen LogP contribution in [-0.2, 0) is 9.47 Å². The number of carbonyl (C=O) groups is 1. The number of ether oxygens (including phenoxy) is 2. The van der Waals surface area contributed by atoms with Gasteiger partial charge in [0.05, 0.1) is 18.8 Å². The van der Waals surface area contributed by atoms with E-state index in [9.17, 15) is 4.79 Å². The van der Waals surface area contributed by atoms with Gasteiger partial charge in [0.25, 0.3) is 0 Å². The van der Waals surface area contributed by atoms with Crippen molar-refractivity contribution in [3.8, 4) is 0 Å². The van der Waals surface area contributed by atoms with E-state index in [1.807, 2.05) is 4.90 Å². The summed E-state index contributed by atoms with van der Waals surface area (Å²) in [4.78, 5) is 17.8. The molecule has 1 aromatic rings. The standard InChI is InChI=1S/C14H20N2O3/c1-4-8-16(9-10-18-3)13-7-6-12(11-15-13)14(17)19-5-2/h4,6-7,11H,1,5,8-10H2,2-3H3. The molecule has 5 heteroatoms. The first-order valence-electron chi connectivity index (χ1n) is 6.20. The third-order valence-corrected chi connectivity index (χ3v) is 2.50. The summed E-state index contributed by atoms with van der Waals surface area (Å²) in [6, 6.07) is 3.51. The third-order valence-electron chi connectivity index (χ3n) is 2.50. The maximum absolute atomic E-state index is 11.5. The maximum atomic E-state index is 11.5. The molecule has 0 aromatic carbocycles. The van der Waals surface area contributed by atoms with Crippen molar-refractivity contribution in [1.82, 2.24) is 4.98 Å². The van der Waals surface area contributed by atoms with E-state index in [-0.39, 0.29) is 5.97 Å². The Morgan fingerprint density at radius 1 is 1.53 bits per heavy atom. The second-order valence-electron chi connectivity index (χ2n) is 3.85. The molecule has 0 aliphatic heterocycles. The fraction of sp³-hybridized carbons (Fsp3) is 0.429. The summed E-state index contributed by atoms with van der Waals surface area (Å²) in [5, 5.41) is 0. The van der Waals surface area contributed by atoms with Crippen LogP contribution in [0.3, 0.4) is 0 Å². The summed E-state index contributed by atoms with van der Waals surface area (Å²) in [6.07, 6.45) is 3.33. The smallest absolute Gasteiger partial charge is 0.339 e. The maximum Gasteiger partial charge on any atom is 0.339 e. The van der Waals surface area contributed by atoms with E-state index in [0.29, 0.717) is 31.9 Å². The molecule has 1 rings (SSSR count). The van der Waals surface area contributed by atoms with E-state index in [1.54, 1.807) is 32.2 Å². The van der Waals surface area contributed by atoms with Crippen LogP contribution in [0.25, 0.3) is 0 Å². The van der Waals surface area contributed by atoms with Crippen molar-refractivity contribution in [3.63, 3.8) is 0 Å². The minimum atomic E-state index is -0.353. The SMILES string of the molecule is C=CCN(CCOC)c1ccc(C(=O)OCC)cn1. The Morgan fingerprint density at radius 2 is 2.32 bits per heavy atom. The second kappa shape index (κ2) is 8.26. The van der Waals surface area contributed by atoms with Gasteiger partial charge in [-0.1, -0.05) is 6.08 Å². The van der Waals surface area contributed by atoms with Crippen LogP contribution in [-0.4, -0.2) is 44.4 Å². The van der Waals surface area contributed by atoms with Crippen LogP contribution in [0.4, 0.5) is 5.82 Å². The molecule has 1 aromatic heterocycles. The van der Waals surface area contributed by atoms with Crippen molar-refractivity contribution in [2.45, 2.75) is 6.92 Å². The summed E-state index contributed by atoms with van der Waals surface area (Å²) in [5.41, 5.74) is 0.455. The molecule has 0 aliphatic rings. The van der Waals surface area contributed by atoms with E-state index in [2.05, 4.69) is 11.6 Å². The highest BCUT2D eigenvalue weighted by molar-refractivity contribution is 5.89. The van der Waals surface area contributed by atoms with Crippen molar-refractivity contribution in [3.05, 3.63) is 36.5 Å². The highest BCUT2D eigenvalue weighted by Gasteiger charge is 2.09. The van der Waals surface area contributed by atoms with Crippen LogP contribution >= 0.6 is 0 Å². The minimum absolute atomic E-state index is 0.353. The molecule has 1 heterocycles. The largest absolute Gasteiger partial charge is 0.462 e. The van der Waals surface area contributed by atoms with Crippen molar-refractivity contribution in [2.75, 3.05) is 38.3 Å². The first-order valence-corrected chi connectivity index (χ1v) is 6.20. The normalized spacial score (nSPS) is 10.0. The molecule has 104 valence electrons. The molecule has 0 fully saturated rings. The van der Waals surface area contributed by atoms with E-state index in [1.165, 1.54) is 6.20 Å². The summed E-state index contributed by atoms with van der Waals surface area (Å²) < 4.78 is 9.97. The Labute approximate surface area is 113 Å². The zero-order valence-corrected chi connectivity index (χ0v) is 11.5. The lowest BCUT2D eigenvalue weighted by atomic mass is 10.3. The van der Waals surface area contributed by atoms with Crippen LogP contribution in [0.5, 0.6) is 0 Å². The third kappa shape index (κ3) is 4.71. The molecule has 0 radical (unpaired) electrons. The molecule has 0 saturated heterocycles. The Bertz CT molecular complexity index is 404. The number of methoxy groups -OCH3 is 1. The number of nitrogens with zero attached hydrogens (tertiary/aromatic N) is 2. The van der Waals surface area contributed by atoms with Gasteiger partial charge >= 0.3 is 5.97 Å². The number of rotatable bonds is 8. The van der Waals surface area contributed by atoms with Gasteiger partial charge in [-0.25, -0.2) is 9.78 Å². The molecule has 0 bridgehead atoms. The summed E-state index contributed by atoms with van der Waals surface area (Å²) in [7, 11) is 1.66. The van der Waals surface area contributed by atoms with Gasteiger partial charge in [0, 0.05) is 26.4 Å². The number of anilines is 1. The van der Waals surface area contributed by atoms with Crippen LogP contribution in [0.1, 0.15) is 17.3 Å². The summed E-state index contributed by atoms with van der Waals surface area (Å²) >= 11 is 0. The number of esters is 1. The number of aromatic nitrogens is 1. The highest BCUT2D eigenvalue weighted by atomic mass is 16.5. The van der Waals surface area contributed by atoms with Gasteiger partial charge in [0.2, 0.25) is 0 Å². The van der Waals surface area contributed by atoms with Gasteiger partial charge in [-0.2, -0.15) is 0 Å². The van der Waals surface area contributed by atoms with Gasteiger partial charge in [0.1, 0.15) is 5.82 Å². The second-order valence-corrected chi connectivity index (χ2v) is 3.85. The van der Waals surface area contributed by atoms with Gasteiger partial charge in [-0.3, -0.25) is 0 Å². The molecule has 0 amide bonds. The molecule has 0 saturated carbocycles. The average Bonchev–Trinajstić information content (AvgIpc) is 2.44. The lowest BCUT2D eigenvalue weighted by Crippen LogP contribution is -2.28. The monoisotopic (exact) mass is 264 g/mol. The summed E-state index contributed by atoms with van der Waals surface area (Å²) in [5.74, 6) is 0.429. The number of hydrogen-bond acceptors (Lipinski definition) is 5. The van der Waals surface area contributed by atoms with Gasteiger partial charge in [-0.05, 0) is 19.1 Å². The predicted molar refractivity (Wildman–Crippen MR) is 74.5 cm³/mol. The molecule has 19 heavy (non-hydrogen) atoms. The zero-order valence-electron chi connectivity index (χ0n) is 11.5. The van der Waals surface area contributed by atoms with Crippen molar-refractivity contribution >= 4 is 11.8 Å². The number of hydrogen-bond donors (Lipinski definition) is 0. The molecule has 0 aliphatic carbocycles. The summed E-state index contributed by atoms with van der Waals surface area (Å²) in [6.45, 7) is 7.85. The quantitative estimate of drug-likeness (QED) is 0.530. The van der Waals surface area contributed by atoms with Crippen molar-refractivity contribution in [1.29, 1.82) is 0 Å². The Kier molecular flexibility index (Phi) is 6.60. The lowest BCUT2D eigenvalue weighted by molar-refractivity contribution is 0.0526. The molecule has 5 nitrogen and oxygen atoms in total. The Balaban J connectivity index is 2.76. The predicted octanol–water partition coefficient (Wildman–Crippen LogP) is 1.90. The molecule has 0 spiro atoms. The Morgan fingerprint density at radius 3 is 2.84 bits per heavy atom. The highest BCUT2D eigenvalue weighted by Crippen LogP contribution is 2.12. The first-order chi connectivity index (χ1) is 9.22. The van der Waals surface area contributed by atoms with Gasteiger partial charge in [-0.15, -0.1) is 6.58 Å². The van der Waals surface area contributed by atoms with Crippen molar-refractivity contribution < 1.29 is 14.3 Å². The van der Waals surface area contributed by atoms with E-state index >= 15 is 0 Å². The van der Waals surface area contributed by atoms with Gasteiger partial charge in [0.15, 0.2) is 0 Å². The first kappa shape index (κ1) is 15.2. The van der Waals surface area contributed by atoms with Gasteiger partial charge < -0.3 is 14.4 Å².